The van der Waals surface area contributed by atoms with E-state index in [-0.39, 0.29) is 0 Å². The topological polar surface area (TPSA) is 15.3 Å². The van der Waals surface area contributed by atoms with Crippen molar-refractivity contribution in [1.82, 2.24) is 10.2 Å². The number of hydrogen-bond donors (Lipinski definition) is 1. The molecule has 0 amide bonds. The summed E-state index contributed by atoms with van der Waals surface area (Å²) >= 11 is 0. The third-order valence-corrected chi connectivity index (χ3v) is 4.05. The molecule has 1 aliphatic carbocycles. The van der Waals surface area contributed by atoms with Crippen LogP contribution >= 0.6 is 0 Å². The largest absolute Gasteiger partial charge is 0.314 e. The molecule has 86 valence electrons. The molecule has 1 aromatic carbocycles. The number of nitrogens with zero attached hydrogens (tertiary/aromatic N) is 1. The van der Waals surface area contributed by atoms with Gasteiger partial charge in [0.1, 0.15) is 0 Å². The van der Waals surface area contributed by atoms with Gasteiger partial charge >= 0.3 is 0 Å². The Balaban J connectivity index is 1.96. The number of rotatable bonds is 1. The van der Waals surface area contributed by atoms with Crippen molar-refractivity contribution in [2.75, 3.05) is 26.7 Å². The van der Waals surface area contributed by atoms with Crippen molar-refractivity contribution in [2.24, 2.45) is 0 Å². The van der Waals surface area contributed by atoms with E-state index >= 15 is 0 Å². The van der Waals surface area contributed by atoms with Crippen molar-refractivity contribution in [3.05, 3.63) is 34.9 Å². The summed E-state index contributed by atoms with van der Waals surface area (Å²) < 4.78 is 0. The predicted molar refractivity (Wildman–Crippen MR) is 66.7 cm³/mol. The highest BCUT2D eigenvalue weighted by atomic mass is 15.2. The van der Waals surface area contributed by atoms with Crippen LogP contribution in [0.4, 0.5) is 0 Å². The fourth-order valence-electron chi connectivity index (χ4n) is 3.11. The van der Waals surface area contributed by atoms with Gasteiger partial charge in [0.15, 0.2) is 0 Å². The highest BCUT2D eigenvalue weighted by molar-refractivity contribution is 5.40. The van der Waals surface area contributed by atoms with Crippen LogP contribution in [0, 0.1) is 0 Å². The smallest absolute Gasteiger partial charge is 0.0473 e. The Morgan fingerprint density at radius 1 is 1.31 bits per heavy atom. The molecule has 1 fully saturated rings. The monoisotopic (exact) mass is 216 g/mol. The van der Waals surface area contributed by atoms with E-state index in [0.29, 0.717) is 6.04 Å². The van der Waals surface area contributed by atoms with Gasteiger partial charge in [0.2, 0.25) is 0 Å². The second kappa shape index (κ2) is 4.19. The SMILES string of the molecule is CN1CCNCC1c1cccc2c1CCC2. The number of fused-ring (bicyclic) bond motifs is 1. The van der Waals surface area contributed by atoms with Crippen LogP contribution in [0.2, 0.25) is 0 Å². The standard InChI is InChI=1S/C14H20N2/c1-16-9-8-15-10-14(16)13-7-3-5-11-4-2-6-12(11)13/h3,5,7,14-15H,2,4,6,8-10H2,1H3. The average Bonchev–Trinajstić information content (AvgIpc) is 2.77. The first-order chi connectivity index (χ1) is 7.86. The average molecular weight is 216 g/mol. The van der Waals surface area contributed by atoms with Gasteiger partial charge in [0.05, 0.1) is 0 Å². The summed E-state index contributed by atoms with van der Waals surface area (Å²) in [7, 11) is 2.25. The van der Waals surface area contributed by atoms with Gasteiger partial charge in [-0.3, -0.25) is 4.90 Å². The zero-order valence-corrected chi connectivity index (χ0v) is 10.00. The highest BCUT2D eigenvalue weighted by Crippen LogP contribution is 2.31. The van der Waals surface area contributed by atoms with Gasteiger partial charge in [-0.05, 0) is 43.0 Å². The number of nitrogens with one attached hydrogen (secondary N) is 1. The summed E-state index contributed by atoms with van der Waals surface area (Å²) in [5, 5.41) is 3.51. The molecule has 1 aliphatic heterocycles. The van der Waals surface area contributed by atoms with E-state index in [1.165, 1.54) is 19.3 Å². The molecule has 2 nitrogen and oxygen atoms in total. The number of benzene rings is 1. The summed E-state index contributed by atoms with van der Waals surface area (Å²) in [5.74, 6) is 0. The van der Waals surface area contributed by atoms with Crippen LogP contribution in [0.15, 0.2) is 18.2 Å². The maximum Gasteiger partial charge on any atom is 0.0473 e. The zero-order chi connectivity index (χ0) is 11.0. The molecule has 1 saturated heterocycles. The maximum absolute atomic E-state index is 3.51. The molecule has 0 bridgehead atoms. The van der Waals surface area contributed by atoms with E-state index in [0.717, 1.165) is 19.6 Å². The van der Waals surface area contributed by atoms with E-state index in [4.69, 9.17) is 0 Å². The lowest BCUT2D eigenvalue weighted by Crippen LogP contribution is -2.44. The number of piperazine rings is 1. The molecule has 1 atom stereocenters. The lowest BCUT2D eigenvalue weighted by atomic mass is 9.95. The van der Waals surface area contributed by atoms with Gasteiger partial charge < -0.3 is 5.32 Å². The van der Waals surface area contributed by atoms with Gasteiger partial charge in [0.25, 0.3) is 0 Å². The lowest BCUT2D eigenvalue weighted by Gasteiger charge is -2.34. The first kappa shape index (κ1) is 10.3. The fraction of sp³-hybridized carbons (Fsp3) is 0.571. The van der Waals surface area contributed by atoms with Crippen molar-refractivity contribution in [2.45, 2.75) is 25.3 Å². The first-order valence-electron chi connectivity index (χ1n) is 6.38. The second-order valence-corrected chi connectivity index (χ2v) is 5.04. The summed E-state index contributed by atoms with van der Waals surface area (Å²) in [4.78, 5) is 2.49. The number of likely N-dealkylation sites (N-methyl/N-ethyl adjacent to an activating group) is 1. The number of hydrogen-bond acceptors (Lipinski definition) is 2. The van der Waals surface area contributed by atoms with E-state index < -0.39 is 0 Å². The quantitative estimate of drug-likeness (QED) is 0.769. The molecule has 0 aromatic heterocycles. The molecule has 1 unspecified atom stereocenters. The molecule has 0 saturated carbocycles. The predicted octanol–water partition coefficient (Wildman–Crippen LogP) is 1.75. The Morgan fingerprint density at radius 3 is 3.12 bits per heavy atom. The van der Waals surface area contributed by atoms with Gasteiger partial charge in [-0.25, -0.2) is 0 Å². The Morgan fingerprint density at radius 2 is 2.25 bits per heavy atom. The highest BCUT2D eigenvalue weighted by Gasteiger charge is 2.25. The van der Waals surface area contributed by atoms with Crippen LogP contribution in [-0.2, 0) is 12.8 Å². The van der Waals surface area contributed by atoms with Crippen LogP contribution in [0.3, 0.4) is 0 Å². The van der Waals surface area contributed by atoms with Crippen LogP contribution in [0.25, 0.3) is 0 Å². The molecule has 0 radical (unpaired) electrons. The van der Waals surface area contributed by atoms with Crippen LogP contribution in [0.1, 0.15) is 29.2 Å². The molecule has 0 spiro atoms. The van der Waals surface area contributed by atoms with E-state index in [1.807, 2.05) is 0 Å². The zero-order valence-electron chi connectivity index (χ0n) is 10.00. The third kappa shape index (κ3) is 1.66. The molecule has 3 rings (SSSR count). The van der Waals surface area contributed by atoms with Crippen molar-refractivity contribution >= 4 is 0 Å². The Bertz CT molecular complexity index is 386. The van der Waals surface area contributed by atoms with E-state index in [9.17, 15) is 0 Å². The summed E-state index contributed by atoms with van der Waals surface area (Å²) in [6.07, 6.45) is 3.92. The minimum absolute atomic E-state index is 0.585. The maximum atomic E-state index is 3.51. The molecule has 2 heteroatoms. The molecule has 1 aromatic rings. The second-order valence-electron chi connectivity index (χ2n) is 5.04. The molecular formula is C14H20N2. The minimum atomic E-state index is 0.585. The molecule has 16 heavy (non-hydrogen) atoms. The Labute approximate surface area is 97.6 Å². The van der Waals surface area contributed by atoms with Crippen LogP contribution < -0.4 is 5.32 Å². The van der Waals surface area contributed by atoms with E-state index in [2.05, 4.69) is 35.5 Å². The van der Waals surface area contributed by atoms with Gasteiger partial charge in [-0.1, -0.05) is 18.2 Å². The molecular weight excluding hydrogens is 196 g/mol. The summed E-state index contributed by atoms with van der Waals surface area (Å²) in [6, 6.07) is 7.46. The van der Waals surface area contributed by atoms with Gasteiger partial charge in [-0.15, -0.1) is 0 Å². The van der Waals surface area contributed by atoms with Crippen molar-refractivity contribution in [3.63, 3.8) is 0 Å². The van der Waals surface area contributed by atoms with Gasteiger partial charge in [0, 0.05) is 25.7 Å². The molecule has 1 heterocycles. The summed E-state index contributed by atoms with van der Waals surface area (Å²) in [6.45, 7) is 3.39. The van der Waals surface area contributed by atoms with E-state index in [1.54, 1.807) is 16.7 Å². The van der Waals surface area contributed by atoms with Crippen LogP contribution in [0.5, 0.6) is 0 Å². The van der Waals surface area contributed by atoms with Crippen molar-refractivity contribution < 1.29 is 0 Å². The minimum Gasteiger partial charge on any atom is -0.314 e. The Hall–Kier alpha value is -0.860. The van der Waals surface area contributed by atoms with Gasteiger partial charge in [-0.2, -0.15) is 0 Å². The third-order valence-electron chi connectivity index (χ3n) is 4.05. The summed E-state index contributed by atoms with van der Waals surface area (Å²) in [5.41, 5.74) is 4.81. The molecule has 2 aliphatic rings. The van der Waals surface area contributed by atoms with Crippen molar-refractivity contribution in [3.8, 4) is 0 Å². The number of aryl methyl sites for hydroxylation is 1. The first-order valence-corrected chi connectivity index (χ1v) is 6.38. The Kier molecular flexibility index (Phi) is 2.70. The van der Waals surface area contributed by atoms with Crippen molar-refractivity contribution in [1.29, 1.82) is 0 Å². The van der Waals surface area contributed by atoms with Crippen LogP contribution in [-0.4, -0.2) is 31.6 Å². The fourth-order valence-corrected chi connectivity index (χ4v) is 3.11. The lowest BCUT2D eigenvalue weighted by molar-refractivity contribution is 0.201. The molecule has 1 N–H and O–H groups in total. The normalized spacial score (nSPS) is 25.7.